The third-order valence-corrected chi connectivity index (χ3v) is 2.55. The summed E-state index contributed by atoms with van der Waals surface area (Å²) in [4.78, 5) is 16.2. The van der Waals surface area contributed by atoms with Crippen LogP contribution in [0.15, 0.2) is 59.8 Å². The normalized spacial score (nSPS) is 9.75. The summed E-state index contributed by atoms with van der Waals surface area (Å²) in [6.07, 6.45) is 3.27. The van der Waals surface area contributed by atoms with Gasteiger partial charge in [0.05, 0.1) is 0 Å². The molecule has 0 atom stereocenters. The first-order valence-electron chi connectivity index (χ1n) is 4.69. The van der Waals surface area contributed by atoms with Crippen LogP contribution in [0.4, 0.5) is 4.79 Å². The number of hydrogen-bond donors (Lipinski definition) is 0. The first kappa shape index (κ1) is 10.7. The molecule has 2 aromatic rings. The Labute approximate surface area is 97.5 Å². The van der Waals surface area contributed by atoms with Crippen LogP contribution in [0, 0.1) is 0 Å². The second-order valence-electron chi connectivity index (χ2n) is 2.95. The number of benzene rings is 1. The standard InChI is InChI=1S/C12H9NO2S/c14-12(15-10-4-2-1-3-5-10)16-11-6-8-13-9-7-11/h1-9H. The molecule has 0 N–H and O–H groups in total. The maximum Gasteiger partial charge on any atom is 0.377 e. The fourth-order valence-electron chi connectivity index (χ4n) is 1.11. The molecule has 0 saturated carbocycles. The van der Waals surface area contributed by atoms with Gasteiger partial charge in [0, 0.05) is 17.3 Å². The summed E-state index contributed by atoms with van der Waals surface area (Å²) in [5.41, 5.74) is 0. The predicted molar refractivity (Wildman–Crippen MR) is 62.6 cm³/mol. The van der Waals surface area contributed by atoms with E-state index in [1.54, 1.807) is 36.7 Å². The minimum Gasteiger partial charge on any atom is -0.418 e. The van der Waals surface area contributed by atoms with Gasteiger partial charge in [-0.3, -0.25) is 4.98 Å². The molecule has 0 aliphatic heterocycles. The molecule has 3 nitrogen and oxygen atoms in total. The van der Waals surface area contributed by atoms with E-state index in [1.807, 2.05) is 18.2 Å². The van der Waals surface area contributed by atoms with Crippen LogP contribution in [-0.2, 0) is 0 Å². The van der Waals surface area contributed by atoms with Gasteiger partial charge in [-0.2, -0.15) is 0 Å². The largest absolute Gasteiger partial charge is 0.418 e. The SMILES string of the molecule is O=C(Oc1ccccc1)Sc1ccncc1. The van der Waals surface area contributed by atoms with Crippen LogP contribution < -0.4 is 4.74 Å². The molecule has 1 heterocycles. The zero-order valence-corrected chi connectivity index (χ0v) is 9.18. The van der Waals surface area contributed by atoms with E-state index in [2.05, 4.69) is 4.98 Å². The number of rotatable bonds is 2. The third kappa shape index (κ3) is 3.10. The van der Waals surface area contributed by atoms with Crippen molar-refractivity contribution in [2.24, 2.45) is 0 Å². The fourth-order valence-corrected chi connectivity index (χ4v) is 1.70. The molecule has 0 aliphatic rings. The van der Waals surface area contributed by atoms with E-state index in [4.69, 9.17) is 4.74 Å². The van der Waals surface area contributed by atoms with Crippen molar-refractivity contribution in [3.63, 3.8) is 0 Å². The molecule has 0 spiro atoms. The highest BCUT2D eigenvalue weighted by molar-refractivity contribution is 8.13. The van der Waals surface area contributed by atoms with E-state index in [-0.39, 0.29) is 5.30 Å². The Bertz CT molecular complexity index is 415. The first-order valence-corrected chi connectivity index (χ1v) is 5.51. The maximum atomic E-state index is 11.5. The van der Waals surface area contributed by atoms with Crippen LogP contribution in [0.3, 0.4) is 0 Å². The number of aromatic nitrogens is 1. The highest BCUT2D eigenvalue weighted by Gasteiger charge is 2.06. The summed E-state index contributed by atoms with van der Waals surface area (Å²) in [6.45, 7) is 0. The van der Waals surface area contributed by atoms with E-state index < -0.39 is 0 Å². The minimum absolute atomic E-state index is 0.350. The van der Waals surface area contributed by atoms with Crippen molar-refractivity contribution in [3.05, 3.63) is 54.9 Å². The number of carbonyl (C=O) groups excluding carboxylic acids is 1. The van der Waals surface area contributed by atoms with Crippen molar-refractivity contribution < 1.29 is 9.53 Å². The summed E-state index contributed by atoms with van der Waals surface area (Å²) in [5.74, 6) is 0.550. The first-order chi connectivity index (χ1) is 7.84. The molecule has 1 aromatic heterocycles. The van der Waals surface area contributed by atoms with Gasteiger partial charge in [0.2, 0.25) is 0 Å². The Morgan fingerprint density at radius 3 is 2.44 bits per heavy atom. The van der Waals surface area contributed by atoms with Gasteiger partial charge in [-0.1, -0.05) is 18.2 Å². The molecule has 0 radical (unpaired) electrons. The quantitative estimate of drug-likeness (QED) is 0.586. The Balaban J connectivity index is 1.95. The van der Waals surface area contributed by atoms with Gasteiger partial charge in [-0.05, 0) is 36.0 Å². The fraction of sp³-hybridized carbons (Fsp3) is 0. The van der Waals surface area contributed by atoms with E-state index >= 15 is 0 Å². The lowest BCUT2D eigenvalue weighted by Crippen LogP contribution is -1.99. The molecule has 1 aromatic carbocycles. The molecule has 2 rings (SSSR count). The molecule has 0 unspecified atom stereocenters. The molecular weight excluding hydrogens is 222 g/mol. The van der Waals surface area contributed by atoms with E-state index in [0.717, 1.165) is 16.7 Å². The molecule has 0 saturated heterocycles. The van der Waals surface area contributed by atoms with Crippen molar-refractivity contribution in [2.75, 3.05) is 0 Å². The minimum atomic E-state index is -0.350. The van der Waals surface area contributed by atoms with E-state index in [0.29, 0.717) is 5.75 Å². The Hall–Kier alpha value is -1.81. The van der Waals surface area contributed by atoms with Gasteiger partial charge in [-0.15, -0.1) is 0 Å². The lowest BCUT2D eigenvalue weighted by atomic mass is 10.3. The number of hydrogen-bond acceptors (Lipinski definition) is 4. The van der Waals surface area contributed by atoms with Gasteiger partial charge in [0.1, 0.15) is 5.75 Å². The molecule has 0 bridgehead atoms. The van der Waals surface area contributed by atoms with Gasteiger partial charge >= 0.3 is 5.30 Å². The highest BCUT2D eigenvalue weighted by Crippen LogP contribution is 2.20. The van der Waals surface area contributed by atoms with Crippen LogP contribution in [0.25, 0.3) is 0 Å². The molecule has 0 amide bonds. The third-order valence-electron chi connectivity index (χ3n) is 1.80. The summed E-state index contributed by atoms with van der Waals surface area (Å²) in [7, 11) is 0. The van der Waals surface area contributed by atoms with Crippen LogP contribution in [0.1, 0.15) is 0 Å². The smallest absolute Gasteiger partial charge is 0.377 e. The molecule has 4 heteroatoms. The van der Waals surface area contributed by atoms with Crippen molar-refractivity contribution in [2.45, 2.75) is 4.90 Å². The van der Waals surface area contributed by atoms with E-state index in [1.165, 1.54) is 0 Å². The van der Waals surface area contributed by atoms with Gasteiger partial charge in [0.25, 0.3) is 0 Å². The van der Waals surface area contributed by atoms with Crippen molar-refractivity contribution in [3.8, 4) is 5.75 Å². The maximum absolute atomic E-state index is 11.5. The Morgan fingerprint density at radius 1 is 1.06 bits per heavy atom. The zero-order chi connectivity index (χ0) is 11.2. The Kier molecular flexibility index (Phi) is 3.56. The number of thioether (sulfide) groups is 1. The summed E-state index contributed by atoms with van der Waals surface area (Å²) in [6, 6.07) is 12.5. The number of carbonyl (C=O) groups is 1. The second-order valence-corrected chi connectivity index (χ2v) is 3.96. The van der Waals surface area contributed by atoms with Crippen molar-refractivity contribution >= 4 is 17.1 Å². The summed E-state index contributed by atoms with van der Waals surface area (Å²) >= 11 is 1.04. The van der Waals surface area contributed by atoms with Gasteiger partial charge in [0.15, 0.2) is 0 Å². The summed E-state index contributed by atoms with van der Waals surface area (Å²) < 4.78 is 5.12. The molecular formula is C12H9NO2S. The summed E-state index contributed by atoms with van der Waals surface area (Å²) in [5, 5.41) is -0.350. The highest BCUT2D eigenvalue weighted by atomic mass is 32.2. The monoisotopic (exact) mass is 231 g/mol. The van der Waals surface area contributed by atoms with Crippen LogP contribution >= 0.6 is 11.8 Å². The van der Waals surface area contributed by atoms with Gasteiger partial charge < -0.3 is 4.74 Å². The van der Waals surface area contributed by atoms with Crippen LogP contribution in [0.5, 0.6) is 5.75 Å². The van der Waals surface area contributed by atoms with E-state index in [9.17, 15) is 4.79 Å². The lowest BCUT2D eigenvalue weighted by molar-refractivity contribution is 0.227. The molecule has 0 fully saturated rings. The Morgan fingerprint density at radius 2 is 1.75 bits per heavy atom. The molecule has 80 valence electrons. The number of nitrogens with zero attached hydrogens (tertiary/aromatic N) is 1. The lowest BCUT2D eigenvalue weighted by Gasteiger charge is -2.02. The average Bonchev–Trinajstić information content (AvgIpc) is 2.31. The van der Waals surface area contributed by atoms with Crippen molar-refractivity contribution in [1.82, 2.24) is 4.98 Å². The van der Waals surface area contributed by atoms with Crippen LogP contribution in [-0.4, -0.2) is 10.3 Å². The predicted octanol–water partition coefficient (Wildman–Crippen LogP) is 3.37. The average molecular weight is 231 g/mol. The number of pyridine rings is 1. The molecule has 16 heavy (non-hydrogen) atoms. The second kappa shape index (κ2) is 5.32. The number of para-hydroxylation sites is 1. The topological polar surface area (TPSA) is 39.2 Å². The zero-order valence-electron chi connectivity index (χ0n) is 8.37. The molecule has 0 aliphatic carbocycles. The van der Waals surface area contributed by atoms with Crippen LogP contribution in [0.2, 0.25) is 0 Å². The van der Waals surface area contributed by atoms with Crippen molar-refractivity contribution in [1.29, 1.82) is 0 Å². The van der Waals surface area contributed by atoms with Gasteiger partial charge in [-0.25, -0.2) is 4.79 Å². The number of ether oxygens (including phenoxy) is 1.